The number of hydrogen-bond acceptors (Lipinski definition) is 7. The van der Waals surface area contributed by atoms with Crippen molar-refractivity contribution in [3.63, 3.8) is 0 Å². The highest BCUT2D eigenvalue weighted by Gasteiger charge is 2.56. The molecule has 0 aromatic carbocycles. The lowest BCUT2D eigenvalue weighted by Gasteiger charge is -2.49. The molecular weight excluding hydrogens is 326 g/mol. The van der Waals surface area contributed by atoms with Crippen molar-refractivity contribution in [2.75, 3.05) is 31.1 Å². The lowest BCUT2D eigenvalue weighted by atomic mass is 9.75. The molecule has 1 amide bonds. The predicted molar refractivity (Wildman–Crippen MR) is 88.9 cm³/mol. The van der Waals surface area contributed by atoms with Crippen LogP contribution in [0.15, 0.2) is 24.5 Å². The third kappa shape index (κ3) is 2.13. The van der Waals surface area contributed by atoms with Crippen LogP contribution in [0.2, 0.25) is 0 Å². The number of amides is 1. The third-order valence-corrected chi connectivity index (χ3v) is 6.33. The van der Waals surface area contributed by atoms with Gasteiger partial charge in [0.15, 0.2) is 0 Å². The zero-order chi connectivity index (χ0) is 16.1. The largest absolute Gasteiger partial charge is 0.439 e. The number of fused-ring (bicyclic) bond motifs is 2. The van der Waals surface area contributed by atoms with Crippen LogP contribution in [-0.4, -0.2) is 58.0 Å². The van der Waals surface area contributed by atoms with Gasteiger partial charge in [-0.3, -0.25) is 9.88 Å². The summed E-state index contributed by atoms with van der Waals surface area (Å²) in [6, 6.07) is 3.78. The van der Waals surface area contributed by atoms with Gasteiger partial charge >= 0.3 is 6.09 Å². The fourth-order valence-corrected chi connectivity index (χ4v) is 4.93. The van der Waals surface area contributed by atoms with Gasteiger partial charge in [-0.05, 0) is 38.1 Å². The van der Waals surface area contributed by atoms with Gasteiger partial charge in [0.2, 0.25) is 5.13 Å². The molecule has 0 saturated carbocycles. The summed E-state index contributed by atoms with van der Waals surface area (Å²) in [6.07, 6.45) is 5.38. The van der Waals surface area contributed by atoms with Crippen molar-refractivity contribution in [3.05, 3.63) is 24.5 Å². The molecule has 24 heavy (non-hydrogen) atoms. The molecule has 1 spiro atoms. The number of ether oxygens (including phenoxy) is 1. The summed E-state index contributed by atoms with van der Waals surface area (Å²) in [5.41, 5.74) is 0.592. The topological polar surface area (TPSA) is 71.5 Å². The number of pyridine rings is 1. The fraction of sp³-hybridized carbons (Fsp3) is 0.500. The second kappa shape index (κ2) is 5.22. The Balaban J connectivity index is 1.42. The van der Waals surface area contributed by atoms with Gasteiger partial charge in [-0.2, -0.15) is 0 Å². The van der Waals surface area contributed by atoms with Crippen LogP contribution in [0.3, 0.4) is 0 Å². The minimum absolute atomic E-state index is 0.291. The monoisotopic (exact) mass is 343 g/mol. The van der Waals surface area contributed by atoms with Crippen LogP contribution in [0, 0.1) is 5.92 Å². The highest BCUT2D eigenvalue weighted by atomic mass is 32.1. The fourth-order valence-electron chi connectivity index (χ4n) is 4.09. The molecule has 0 unspecified atom stereocenters. The number of piperidine rings is 3. The highest BCUT2D eigenvalue weighted by Crippen LogP contribution is 2.44. The van der Waals surface area contributed by atoms with Gasteiger partial charge < -0.3 is 4.74 Å². The van der Waals surface area contributed by atoms with Crippen LogP contribution in [-0.2, 0) is 4.74 Å². The Morgan fingerprint density at radius 2 is 1.96 bits per heavy atom. The SMILES string of the molecule is O=C1O[C@]2(CN3CCC2CC3)CN1c1nnc(-c2ccncc2)s1. The Morgan fingerprint density at radius 3 is 2.67 bits per heavy atom. The Morgan fingerprint density at radius 1 is 1.17 bits per heavy atom. The molecule has 4 fully saturated rings. The molecule has 124 valence electrons. The van der Waals surface area contributed by atoms with E-state index < -0.39 is 0 Å². The molecule has 4 saturated heterocycles. The number of carbonyl (C=O) groups is 1. The average molecular weight is 343 g/mol. The van der Waals surface area contributed by atoms with Crippen LogP contribution in [0.1, 0.15) is 12.8 Å². The van der Waals surface area contributed by atoms with Crippen LogP contribution in [0.5, 0.6) is 0 Å². The summed E-state index contributed by atoms with van der Waals surface area (Å²) in [7, 11) is 0. The molecule has 2 bridgehead atoms. The highest BCUT2D eigenvalue weighted by molar-refractivity contribution is 7.18. The van der Waals surface area contributed by atoms with E-state index in [0.717, 1.165) is 43.0 Å². The van der Waals surface area contributed by atoms with Gasteiger partial charge in [0, 0.05) is 30.4 Å². The number of nitrogens with zero attached hydrogens (tertiary/aromatic N) is 5. The van der Waals surface area contributed by atoms with Crippen LogP contribution >= 0.6 is 11.3 Å². The lowest BCUT2D eigenvalue weighted by molar-refractivity contribution is -0.0881. The molecule has 2 aromatic rings. The molecule has 0 aliphatic carbocycles. The zero-order valence-corrected chi connectivity index (χ0v) is 13.9. The smallest absolute Gasteiger partial charge is 0.416 e. The van der Waals surface area contributed by atoms with E-state index in [4.69, 9.17) is 4.74 Å². The Labute approximate surface area is 143 Å². The summed E-state index contributed by atoms with van der Waals surface area (Å²) in [5.74, 6) is 0.462. The molecule has 1 atom stereocenters. The maximum Gasteiger partial charge on any atom is 0.416 e. The van der Waals surface area contributed by atoms with E-state index in [-0.39, 0.29) is 11.7 Å². The van der Waals surface area contributed by atoms with E-state index in [1.807, 2.05) is 12.1 Å². The third-order valence-electron chi connectivity index (χ3n) is 5.33. The molecule has 4 aliphatic rings. The minimum atomic E-state index is -0.365. The van der Waals surface area contributed by atoms with E-state index in [1.54, 1.807) is 17.3 Å². The number of rotatable bonds is 2. The summed E-state index contributed by atoms with van der Waals surface area (Å²) < 4.78 is 5.88. The second-order valence-corrected chi connectivity index (χ2v) is 7.65. The Bertz CT molecular complexity index is 774. The van der Waals surface area contributed by atoms with E-state index in [2.05, 4.69) is 20.1 Å². The van der Waals surface area contributed by atoms with Crippen molar-refractivity contribution in [1.82, 2.24) is 20.1 Å². The summed E-state index contributed by atoms with van der Waals surface area (Å²) in [6.45, 7) is 3.66. The van der Waals surface area contributed by atoms with Crippen molar-refractivity contribution in [2.24, 2.45) is 5.92 Å². The first-order valence-corrected chi connectivity index (χ1v) is 9.02. The molecular formula is C16H17N5O2S. The van der Waals surface area contributed by atoms with Crippen molar-refractivity contribution in [2.45, 2.75) is 18.4 Å². The first kappa shape index (κ1) is 14.3. The normalized spacial score (nSPS) is 31.7. The first-order valence-electron chi connectivity index (χ1n) is 8.20. The zero-order valence-electron chi connectivity index (χ0n) is 13.1. The van der Waals surface area contributed by atoms with Crippen LogP contribution in [0.4, 0.5) is 9.93 Å². The Hall–Kier alpha value is -2.06. The Kier molecular flexibility index (Phi) is 3.11. The summed E-state index contributed by atoms with van der Waals surface area (Å²) >= 11 is 1.42. The van der Waals surface area contributed by atoms with Gasteiger partial charge in [-0.25, -0.2) is 9.69 Å². The van der Waals surface area contributed by atoms with Gasteiger partial charge in [0.25, 0.3) is 0 Å². The van der Waals surface area contributed by atoms with Crippen LogP contribution < -0.4 is 4.90 Å². The lowest BCUT2D eigenvalue weighted by Crippen LogP contribution is -2.61. The molecule has 6 heterocycles. The number of aromatic nitrogens is 3. The van der Waals surface area contributed by atoms with E-state index in [9.17, 15) is 4.79 Å². The maximum atomic E-state index is 12.5. The molecule has 6 rings (SSSR count). The van der Waals surface area contributed by atoms with E-state index >= 15 is 0 Å². The standard InChI is InChI=1S/C16H17N5O2S/c22-15-21(10-16(23-15)9-20-7-3-12(16)4-8-20)14-19-18-13(24-14)11-1-5-17-6-2-11/h1-2,5-6,12H,3-4,7-10H2/t16-/m1/s1. The second-order valence-electron chi connectivity index (χ2n) is 6.69. The average Bonchev–Trinajstić information content (AvgIpc) is 3.22. The van der Waals surface area contributed by atoms with E-state index in [1.165, 1.54) is 11.3 Å². The number of anilines is 1. The minimum Gasteiger partial charge on any atom is -0.439 e. The number of hydrogen-bond donors (Lipinski definition) is 0. The predicted octanol–water partition coefficient (Wildman–Crippen LogP) is 2.02. The van der Waals surface area contributed by atoms with Gasteiger partial charge in [-0.1, -0.05) is 11.3 Å². The quantitative estimate of drug-likeness (QED) is 0.831. The van der Waals surface area contributed by atoms with Crippen molar-refractivity contribution in [3.8, 4) is 10.6 Å². The molecule has 0 N–H and O–H groups in total. The van der Waals surface area contributed by atoms with Crippen LogP contribution in [0.25, 0.3) is 10.6 Å². The summed E-state index contributed by atoms with van der Waals surface area (Å²) in [4.78, 5) is 20.6. The first-order chi connectivity index (χ1) is 11.7. The summed E-state index contributed by atoms with van der Waals surface area (Å²) in [5, 5.41) is 9.85. The van der Waals surface area contributed by atoms with E-state index in [0.29, 0.717) is 17.6 Å². The van der Waals surface area contributed by atoms with Gasteiger partial charge in [0.05, 0.1) is 6.54 Å². The van der Waals surface area contributed by atoms with Crippen molar-refractivity contribution < 1.29 is 9.53 Å². The molecule has 7 nitrogen and oxygen atoms in total. The van der Waals surface area contributed by atoms with Gasteiger partial charge in [-0.15, -0.1) is 10.2 Å². The molecule has 0 radical (unpaired) electrons. The van der Waals surface area contributed by atoms with Crippen molar-refractivity contribution >= 4 is 22.6 Å². The number of carbonyl (C=O) groups excluding carboxylic acids is 1. The molecule has 4 aliphatic heterocycles. The molecule has 8 heteroatoms. The van der Waals surface area contributed by atoms with Crippen molar-refractivity contribution in [1.29, 1.82) is 0 Å². The molecule has 2 aromatic heterocycles. The maximum absolute atomic E-state index is 12.5. The van der Waals surface area contributed by atoms with Gasteiger partial charge in [0.1, 0.15) is 10.6 Å².